The quantitative estimate of drug-likeness (QED) is 0.260. The van der Waals surface area contributed by atoms with E-state index in [2.05, 4.69) is 15.1 Å². The van der Waals surface area contributed by atoms with Crippen molar-refractivity contribution in [2.24, 2.45) is 11.7 Å². The van der Waals surface area contributed by atoms with Crippen molar-refractivity contribution in [3.63, 3.8) is 0 Å². The van der Waals surface area contributed by atoms with Gasteiger partial charge < -0.3 is 15.6 Å². The molecule has 0 saturated carbocycles. The Kier molecular flexibility index (Phi) is 7.25. The molecule has 12 heteroatoms. The lowest BCUT2D eigenvalue weighted by Gasteiger charge is -2.21. The number of amides is 1. The Labute approximate surface area is 208 Å². The fraction of sp³-hybridized carbons (Fsp3) is 0.333. The molecule has 0 bridgehead atoms. The summed E-state index contributed by atoms with van der Waals surface area (Å²) in [6, 6.07) is 11.7. The smallest absolute Gasteiger partial charge is 0.275 e. The molecule has 0 aliphatic heterocycles. The number of sulfonamides is 1. The van der Waals surface area contributed by atoms with E-state index in [1.165, 1.54) is 15.3 Å². The first kappa shape index (κ1) is 25.2. The van der Waals surface area contributed by atoms with Crippen LogP contribution in [0.4, 0.5) is 5.69 Å². The summed E-state index contributed by atoms with van der Waals surface area (Å²) in [7, 11) is -3.81. The Balaban J connectivity index is 1.38. The molecule has 0 spiro atoms. The topological polar surface area (TPSA) is 165 Å². The molecule has 2 heterocycles. The van der Waals surface area contributed by atoms with E-state index in [1.54, 1.807) is 49.5 Å². The highest BCUT2D eigenvalue weighted by molar-refractivity contribution is 7.91. The Bertz CT molecular complexity index is 1440. The van der Waals surface area contributed by atoms with Crippen molar-refractivity contribution < 1.29 is 13.2 Å². The minimum absolute atomic E-state index is 0.105. The number of rotatable bonds is 8. The van der Waals surface area contributed by atoms with Crippen molar-refractivity contribution in [3.8, 4) is 0 Å². The van der Waals surface area contributed by atoms with Crippen LogP contribution in [0, 0.1) is 18.3 Å². The molecule has 0 saturated heterocycles. The van der Waals surface area contributed by atoms with Crippen LogP contribution in [-0.4, -0.2) is 41.2 Å². The molecule has 190 valence electrons. The summed E-state index contributed by atoms with van der Waals surface area (Å²) >= 11 is 0. The molecule has 0 radical (unpaired) electrons. The number of carbonyl (C=O) groups is 1. The van der Waals surface area contributed by atoms with Crippen molar-refractivity contribution in [2.45, 2.75) is 38.5 Å². The first-order valence-corrected chi connectivity index (χ1v) is 13.2. The minimum Gasteiger partial charge on any atom is -0.368 e. The second-order valence-corrected chi connectivity index (χ2v) is 10.7. The third-order valence-electron chi connectivity index (χ3n) is 6.17. The maximum absolute atomic E-state index is 13.0. The standard InChI is InChI=1S/C24H29N7O4S/c1-16-7-9-21(29-36(34,35)15-17-5-3-2-4-6-17)23(33)30(16)14-22(32)27-12-18-8-10-20-19(11-18)13-31(28-20)24(25)26/h2-7,9,13,18,29H,8,10-12,14-15H2,1H3,(H3,25,26)(H,27,32). The molecule has 1 unspecified atom stereocenters. The number of aromatic nitrogens is 3. The molecule has 5 N–H and O–H groups in total. The van der Waals surface area contributed by atoms with Gasteiger partial charge in [0.25, 0.3) is 5.56 Å². The van der Waals surface area contributed by atoms with Gasteiger partial charge in [-0.05, 0) is 55.4 Å². The molecular weight excluding hydrogens is 482 g/mol. The fourth-order valence-corrected chi connectivity index (χ4v) is 5.47. The van der Waals surface area contributed by atoms with E-state index < -0.39 is 15.6 Å². The molecule has 11 nitrogen and oxygen atoms in total. The molecular formula is C24H29N7O4S. The lowest BCUT2D eigenvalue weighted by Crippen LogP contribution is -2.37. The van der Waals surface area contributed by atoms with Gasteiger partial charge in [-0.1, -0.05) is 30.3 Å². The number of anilines is 1. The number of nitrogens with zero attached hydrogens (tertiary/aromatic N) is 3. The molecule has 4 rings (SSSR count). The van der Waals surface area contributed by atoms with E-state index in [1.807, 2.05) is 0 Å². The number of nitrogens with one attached hydrogen (secondary N) is 3. The summed E-state index contributed by atoms with van der Waals surface area (Å²) in [4.78, 5) is 25.6. The van der Waals surface area contributed by atoms with Gasteiger partial charge in [-0.3, -0.25) is 19.7 Å². The average molecular weight is 512 g/mol. The number of hydrogen-bond acceptors (Lipinski definition) is 6. The van der Waals surface area contributed by atoms with Gasteiger partial charge in [0.2, 0.25) is 21.9 Å². The van der Waals surface area contributed by atoms with Crippen LogP contribution in [0.2, 0.25) is 0 Å². The van der Waals surface area contributed by atoms with E-state index in [0.29, 0.717) is 24.2 Å². The summed E-state index contributed by atoms with van der Waals surface area (Å²) in [5.74, 6) is -0.551. The van der Waals surface area contributed by atoms with Gasteiger partial charge in [0.05, 0.1) is 11.4 Å². The van der Waals surface area contributed by atoms with Crippen LogP contribution < -0.4 is 21.3 Å². The van der Waals surface area contributed by atoms with Gasteiger partial charge in [-0.2, -0.15) is 5.10 Å². The van der Waals surface area contributed by atoms with Crippen LogP contribution in [0.15, 0.2) is 53.5 Å². The molecule has 2 aromatic heterocycles. The maximum Gasteiger partial charge on any atom is 0.275 e. The normalized spacial score (nSPS) is 15.2. The minimum atomic E-state index is -3.81. The third-order valence-corrected chi connectivity index (χ3v) is 7.41. The van der Waals surface area contributed by atoms with Crippen molar-refractivity contribution in [1.29, 1.82) is 5.41 Å². The van der Waals surface area contributed by atoms with Crippen LogP contribution in [0.1, 0.15) is 28.9 Å². The van der Waals surface area contributed by atoms with Gasteiger partial charge >= 0.3 is 0 Å². The van der Waals surface area contributed by atoms with E-state index in [4.69, 9.17) is 11.1 Å². The molecule has 3 aromatic rings. The zero-order valence-corrected chi connectivity index (χ0v) is 20.7. The van der Waals surface area contributed by atoms with Gasteiger partial charge in [-0.25, -0.2) is 13.1 Å². The highest BCUT2D eigenvalue weighted by Crippen LogP contribution is 2.24. The molecule has 36 heavy (non-hydrogen) atoms. The first-order valence-electron chi connectivity index (χ1n) is 11.5. The Morgan fingerprint density at radius 3 is 2.69 bits per heavy atom. The van der Waals surface area contributed by atoms with Gasteiger partial charge in [0.15, 0.2) is 0 Å². The van der Waals surface area contributed by atoms with Crippen LogP contribution >= 0.6 is 0 Å². The predicted octanol–water partition coefficient (Wildman–Crippen LogP) is 0.958. The highest BCUT2D eigenvalue weighted by Gasteiger charge is 2.23. The molecule has 1 atom stereocenters. The number of fused-ring (bicyclic) bond motifs is 1. The van der Waals surface area contributed by atoms with Crippen molar-refractivity contribution in [1.82, 2.24) is 19.7 Å². The van der Waals surface area contributed by atoms with Crippen LogP contribution in [0.25, 0.3) is 0 Å². The van der Waals surface area contributed by atoms with E-state index in [0.717, 1.165) is 24.1 Å². The molecule has 1 aliphatic rings. The monoisotopic (exact) mass is 511 g/mol. The number of hydrogen-bond donors (Lipinski definition) is 4. The Hall–Kier alpha value is -3.93. The van der Waals surface area contributed by atoms with Crippen molar-refractivity contribution in [3.05, 3.63) is 81.5 Å². The second-order valence-electron chi connectivity index (χ2n) is 8.97. The van der Waals surface area contributed by atoms with E-state index in [9.17, 15) is 18.0 Å². The number of benzene rings is 1. The summed E-state index contributed by atoms with van der Waals surface area (Å²) in [6.07, 6.45) is 4.03. The lowest BCUT2D eigenvalue weighted by molar-refractivity contribution is -0.121. The summed E-state index contributed by atoms with van der Waals surface area (Å²) < 4.78 is 30.1. The second kappa shape index (κ2) is 10.4. The Morgan fingerprint density at radius 2 is 1.97 bits per heavy atom. The summed E-state index contributed by atoms with van der Waals surface area (Å²) in [6.45, 7) is 1.89. The van der Waals surface area contributed by atoms with Crippen molar-refractivity contribution in [2.75, 3.05) is 11.3 Å². The number of nitrogens with two attached hydrogens (primary N) is 1. The van der Waals surface area contributed by atoms with Crippen molar-refractivity contribution >= 4 is 27.6 Å². The Morgan fingerprint density at radius 1 is 1.22 bits per heavy atom. The number of carbonyl (C=O) groups excluding carboxylic acids is 1. The molecule has 1 aromatic carbocycles. The van der Waals surface area contributed by atoms with Crippen LogP contribution in [0.5, 0.6) is 0 Å². The van der Waals surface area contributed by atoms with Crippen LogP contribution in [-0.2, 0) is 40.0 Å². The molecule has 1 aliphatic carbocycles. The van der Waals surface area contributed by atoms with E-state index >= 15 is 0 Å². The predicted molar refractivity (Wildman–Crippen MR) is 136 cm³/mol. The number of pyridine rings is 1. The van der Waals surface area contributed by atoms with Crippen LogP contribution in [0.3, 0.4) is 0 Å². The van der Waals surface area contributed by atoms with Gasteiger partial charge in [-0.15, -0.1) is 0 Å². The zero-order chi connectivity index (χ0) is 25.9. The van der Waals surface area contributed by atoms with E-state index in [-0.39, 0.29) is 35.8 Å². The average Bonchev–Trinajstić information content (AvgIpc) is 3.26. The number of nitrogen functional groups attached to an aromatic ring is 1. The first-order chi connectivity index (χ1) is 17.1. The maximum atomic E-state index is 13.0. The van der Waals surface area contributed by atoms with Gasteiger partial charge in [0, 0.05) is 18.4 Å². The summed E-state index contributed by atoms with van der Waals surface area (Å²) in [5.41, 5.74) is 7.88. The lowest BCUT2D eigenvalue weighted by atomic mass is 9.88. The number of aryl methyl sites for hydroxylation is 2. The van der Waals surface area contributed by atoms with Gasteiger partial charge in [0.1, 0.15) is 12.2 Å². The summed E-state index contributed by atoms with van der Waals surface area (Å²) in [5, 5.41) is 14.7. The molecule has 1 amide bonds. The third kappa shape index (κ3) is 6.00. The molecule has 0 fully saturated rings. The highest BCUT2D eigenvalue weighted by atomic mass is 32.2. The zero-order valence-electron chi connectivity index (χ0n) is 19.9. The fourth-order valence-electron chi connectivity index (χ4n) is 4.28. The largest absolute Gasteiger partial charge is 0.368 e. The SMILES string of the molecule is Cc1ccc(NS(=O)(=O)Cc2ccccc2)c(=O)n1CC(=O)NCC1CCc2nn(C(=N)N)cc2C1.